The summed E-state index contributed by atoms with van der Waals surface area (Å²) in [6.07, 6.45) is 0.910. The molecule has 0 saturated heterocycles. The minimum absolute atomic E-state index is 0.00264. The third-order valence-corrected chi connectivity index (χ3v) is 1.94. The largest absolute Gasteiger partial charge is 0.481 e. The van der Waals surface area contributed by atoms with Gasteiger partial charge in [-0.3, -0.25) is 14.9 Å². The van der Waals surface area contributed by atoms with Crippen molar-refractivity contribution in [3.63, 3.8) is 0 Å². The van der Waals surface area contributed by atoms with Crippen LogP contribution >= 0.6 is 0 Å². The Bertz CT molecular complexity index is 499. The number of halogens is 1. The fraction of sp³-hybridized carbons (Fsp3) is 0.200. The fourth-order valence-corrected chi connectivity index (χ4v) is 1.11. The Kier molecular flexibility index (Phi) is 3.86. The Morgan fingerprint density at radius 2 is 2.24 bits per heavy atom. The van der Waals surface area contributed by atoms with E-state index in [9.17, 15) is 19.3 Å². The maximum absolute atomic E-state index is 13.1. The van der Waals surface area contributed by atoms with Crippen molar-refractivity contribution < 1.29 is 18.8 Å². The van der Waals surface area contributed by atoms with Crippen LogP contribution in [0.5, 0.6) is 5.88 Å². The van der Waals surface area contributed by atoms with E-state index in [1.54, 1.807) is 0 Å². The van der Waals surface area contributed by atoms with Gasteiger partial charge in [-0.25, -0.2) is 9.37 Å². The summed E-state index contributed by atoms with van der Waals surface area (Å²) in [5, 5.41) is 10.7. The zero-order valence-electron chi connectivity index (χ0n) is 9.14. The maximum atomic E-state index is 13.1. The third-order valence-electron chi connectivity index (χ3n) is 1.94. The van der Waals surface area contributed by atoms with Crippen molar-refractivity contribution in [1.29, 1.82) is 0 Å². The van der Waals surface area contributed by atoms with E-state index >= 15 is 0 Å². The normalized spacial score (nSPS) is 11.1. The summed E-state index contributed by atoms with van der Waals surface area (Å²) in [5.74, 6) is -2.24. The van der Waals surface area contributed by atoms with Crippen LogP contribution in [0.15, 0.2) is 24.0 Å². The van der Waals surface area contributed by atoms with Crippen LogP contribution in [0.3, 0.4) is 0 Å². The van der Waals surface area contributed by atoms with Crippen molar-refractivity contribution in [2.75, 3.05) is 7.11 Å². The average Bonchev–Trinajstić information content (AvgIpc) is 2.35. The van der Waals surface area contributed by atoms with E-state index in [0.29, 0.717) is 0 Å². The lowest BCUT2D eigenvalue weighted by Gasteiger charge is -2.02. The van der Waals surface area contributed by atoms with Gasteiger partial charge in [0, 0.05) is 12.1 Å². The Balaban J connectivity index is 3.37. The smallest absolute Gasteiger partial charge is 0.299 e. The van der Waals surface area contributed by atoms with Crippen LogP contribution < -0.4 is 4.74 Å². The molecule has 6 nitrogen and oxygen atoms in total. The van der Waals surface area contributed by atoms with E-state index in [2.05, 4.69) is 4.98 Å². The summed E-state index contributed by atoms with van der Waals surface area (Å²) < 4.78 is 17.8. The third kappa shape index (κ3) is 2.63. The van der Waals surface area contributed by atoms with E-state index in [-0.39, 0.29) is 5.88 Å². The van der Waals surface area contributed by atoms with E-state index in [1.165, 1.54) is 20.1 Å². The lowest BCUT2D eigenvalue weighted by Crippen LogP contribution is -2.08. The second-order valence-electron chi connectivity index (χ2n) is 2.94. The van der Waals surface area contributed by atoms with Gasteiger partial charge < -0.3 is 4.74 Å². The minimum Gasteiger partial charge on any atom is -0.481 e. The number of carbonyl (C=O) groups excluding carboxylic acids is 1. The number of aromatic nitrogens is 1. The molecule has 0 atom stereocenters. The van der Waals surface area contributed by atoms with Gasteiger partial charge in [0.15, 0.2) is 11.5 Å². The van der Waals surface area contributed by atoms with Gasteiger partial charge in [-0.2, -0.15) is 0 Å². The first-order valence-corrected chi connectivity index (χ1v) is 4.57. The monoisotopic (exact) mass is 240 g/mol. The summed E-state index contributed by atoms with van der Waals surface area (Å²) in [5.41, 5.74) is -1.14. The van der Waals surface area contributed by atoms with E-state index < -0.39 is 27.9 Å². The number of nitro groups is 1. The lowest BCUT2D eigenvalue weighted by molar-refractivity contribution is -0.385. The van der Waals surface area contributed by atoms with Crippen LogP contribution in [-0.2, 0) is 0 Å². The predicted molar refractivity (Wildman–Crippen MR) is 56.6 cm³/mol. The van der Waals surface area contributed by atoms with Gasteiger partial charge in [0.25, 0.3) is 5.69 Å². The summed E-state index contributed by atoms with van der Waals surface area (Å²) in [6, 6.07) is 2.27. The van der Waals surface area contributed by atoms with Gasteiger partial charge in [-0.15, -0.1) is 0 Å². The molecule has 1 aromatic rings. The molecular formula is C10H9FN2O4. The number of nitrogens with zero attached hydrogens (tertiary/aromatic N) is 2. The van der Waals surface area contributed by atoms with Gasteiger partial charge >= 0.3 is 0 Å². The first kappa shape index (κ1) is 12.8. The SMILES string of the molecule is C/C=C(\F)C(=O)c1nc(OC)ccc1[N+](=O)[O-]. The Morgan fingerprint density at radius 1 is 1.59 bits per heavy atom. The van der Waals surface area contributed by atoms with Gasteiger partial charge in [0.1, 0.15) is 0 Å². The number of carbonyl (C=O) groups is 1. The first-order chi connectivity index (χ1) is 8.01. The summed E-state index contributed by atoms with van der Waals surface area (Å²) in [6.45, 7) is 1.30. The number of hydrogen-bond acceptors (Lipinski definition) is 5. The number of hydrogen-bond donors (Lipinski definition) is 0. The van der Waals surface area contributed by atoms with Crippen LogP contribution in [0.4, 0.5) is 10.1 Å². The molecule has 90 valence electrons. The molecular weight excluding hydrogens is 231 g/mol. The summed E-state index contributed by atoms with van der Waals surface area (Å²) in [7, 11) is 1.29. The van der Waals surface area contributed by atoms with Gasteiger partial charge in [-0.1, -0.05) is 0 Å². The van der Waals surface area contributed by atoms with E-state index in [0.717, 1.165) is 12.1 Å². The van der Waals surface area contributed by atoms with Crippen LogP contribution in [0.2, 0.25) is 0 Å². The molecule has 0 aliphatic carbocycles. The lowest BCUT2D eigenvalue weighted by atomic mass is 10.2. The number of allylic oxidation sites excluding steroid dienone is 2. The van der Waals surface area contributed by atoms with Gasteiger partial charge in [0.2, 0.25) is 11.7 Å². The number of ketones is 1. The number of rotatable bonds is 4. The van der Waals surface area contributed by atoms with Crippen LogP contribution in [0, 0.1) is 10.1 Å². The molecule has 7 heteroatoms. The van der Waals surface area contributed by atoms with Crippen molar-refractivity contribution >= 4 is 11.5 Å². The zero-order valence-corrected chi connectivity index (χ0v) is 9.14. The molecule has 0 N–H and O–H groups in total. The Labute approximate surface area is 95.9 Å². The summed E-state index contributed by atoms with van der Waals surface area (Å²) in [4.78, 5) is 25.0. The molecule has 17 heavy (non-hydrogen) atoms. The van der Waals surface area contributed by atoms with Gasteiger partial charge in [0.05, 0.1) is 12.0 Å². The second kappa shape index (κ2) is 5.15. The molecule has 0 amide bonds. The molecule has 0 fully saturated rings. The topological polar surface area (TPSA) is 82.3 Å². The number of methoxy groups -OCH3 is 1. The van der Waals surface area contributed by atoms with Crippen LogP contribution in [0.1, 0.15) is 17.4 Å². The summed E-state index contributed by atoms with van der Waals surface area (Å²) >= 11 is 0. The number of ether oxygens (including phenoxy) is 1. The highest BCUT2D eigenvalue weighted by molar-refractivity contribution is 6.08. The highest BCUT2D eigenvalue weighted by atomic mass is 19.1. The average molecular weight is 240 g/mol. The van der Waals surface area contributed by atoms with Crippen molar-refractivity contribution in [2.45, 2.75) is 6.92 Å². The minimum atomic E-state index is -1.14. The first-order valence-electron chi connectivity index (χ1n) is 4.57. The number of pyridine rings is 1. The van der Waals surface area contributed by atoms with Crippen molar-refractivity contribution in [3.8, 4) is 5.88 Å². The van der Waals surface area contributed by atoms with Crippen molar-refractivity contribution in [2.24, 2.45) is 0 Å². The van der Waals surface area contributed by atoms with Gasteiger partial charge in [-0.05, 0) is 13.0 Å². The standard InChI is InChI=1S/C10H9FN2O4/c1-3-6(11)10(14)9-7(13(15)16)4-5-8(12-9)17-2/h3-5H,1-2H3/b6-3-. The highest BCUT2D eigenvalue weighted by Gasteiger charge is 2.25. The quantitative estimate of drug-likeness (QED) is 0.348. The molecule has 0 spiro atoms. The number of Topliss-reactive ketones (excluding diaryl/α,β-unsaturated/α-hetero) is 1. The molecule has 1 heterocycles. The molecule has 0 radical (unpaired) electrons. The Morgan fingerprint density at radius 3 is 2.71 bits per heavy atom. The maximum Gasteiger partial charge on any atom is 0.299 e. The molecule has 0 aromatic carbocycles. The van der Waals surface area contributed by atoms with E-state index in [1.807, 2.05) is 0 Å². The van der Waals surface area contributed by atoms with Crippen molar-refractivity contribution in [1.82, 2.24) is 4.98 Å². The molecule has 0 aliphatic heterocycles. The predicted octanol–water partition coefficient (Wildman–Crippen LogP) is 2.05. The Hall–Kier alpha value is -2.31. The molecule has 0 saturated carbocycles. The second-order valence-corrected chi connectivity index (χ2v) is 2.94. The van der Waals surface area contributed by atoms with Crippen LogP contribution in [-0.4, -0.2) is 22.8 Å². The molecule has 1 aromatic heterocycles. The van der Waals surface area contributed by atoms with Crippen LogP contribution in [0.25, 0.3) is 0 Å². The molecule has 0 bridgehead atoms. The molecule has 0 aliphatic rings. The fourth-order valence-electron chi connectivity index (χ4n) is 1.11. The van der Waals surface area contributed by atoms with Crippen molar-refractivity contribution in [3.05, 3.63) is 39.8 Å². The highest BCUT2D eigenvalue weighted by Crippen LogP contribution is 2.23. The molecule has 1 rings (SSSR count). The molecule has 0 unspecified atom stereocenters. The zero-order chi connectivity index (χ0) is 13.0. The van der Waals surface area contributed by atoms with E-state index in [4.69, 9.17) is 4.74 Å².